The smallest absolute Gasteiger partial charge is 0.148 e. The van der Waals surface area contributed by atoms with Crippen LogP contribution in [-0.4, -0.2) is 9.97 Å². The molecule has 0 fully saturated rings. The summed E-state index contributed by atoms with van der Waals surface area (Å²) < 4.78 is 0. The Bertz CT molecular complexity index is 615. The Balaban J connectivity index is 2.30. The van der Waals surface area contributed by atoms with Crippen molar-refractivity contribution in [2.75, 3.05) is 10.7 Å². The molecule has 0 aliphatic heterocycles. The Morgan fingerprint density at radius 3 is 2.45 bits per heavy atom. The summed E-state index contributed by atoms with van der Waals surface area (Å²) in [7, 11) is 0. The molecule has 2 rings (SSSR count). The van der Waals surface area contributed by atoms with Crippen molar-refractivity contribution in [1.29, 1.82) is 0 Å². The zero-order valence-corrected chi connectivity index (χ0v) is 12.5. The Morgan fingerprint density at radius 1 is 1.15 bits per heavy atom. The summed E-state index contributed by atoms with van der Waals surface area (Å²) in [6.07, 6.45) is 0. The normalized spacial score (nSPS) is 12.1. The lowest BCUT2D eigenvalue weighted by Crippen LogP contribution is -2.15. The van der Waals surface area contributed by atoms with E-state index in [1.54, 1.807) is 0 Å². The Labute approximate surface area is 123 Å². The number of halogens is 1. The van der Waals surface area contributed by atoms with E-state index in [9.17, 15) is 0 Å². The zero-order chi connectivity index (χ0) is 14.7. The van der Waals surface area contributed by atoms with Gasteiger partial charge in [-0.3, -0.25) is 0 Å². The van der Waals surface area contributed by atoms with Crippen LogP contribution in [0.5, 0.6) is 0 Å². The predicted molar refractivity (Wildman–Crippen MR) is 82.8 cm³/mol. The summed E-state index contributed by atoms with van der Waals surface area (Å²) in [4.78, 5) is 8.65. The molecule has 5 nitrogen and oxygen atoms in total. The number of nitrogens with zero attached hydrogens (tertiary/aromatic N) is 2. The molecule has 1 aromatic heterocycles. The first-order valence-corrected chi connectivity index (χ1v) is 6.73. The zero-order valence-electron chi connectivity index (χ0n) is 11.7. The SMILES string of the molecule is Cc1nc(NN)c(C)c(NC(C)c2ccccc2Cl)n1. The number of nitrogens with one attached hydrogen (secondary N) is 2. The fraction of sp³-hybridized carbons (Fsp3) is 0.286. The average Bonchev–Trinajstić information content (AvgIpc) is 2.42. The summed E-state index contributed by atoms with van der Waals surface area (Å²) in [5, 5.41) is 4.08. The first-order valence-electron chi connectivity index (χ1n) is 6.35. The minimum absolute atomic E-state index is 0.0299. The second-order valence-electron chi connectivity index (χ2n) is 4.62. The number of aromatic nitrogens is 2. The first kappa shape index (κ1) is 14.6. The molecular weight excluding hydrogens is 274 g/mol. The molecule has 0 aliphatic carbocycles. The molecule has 1 heterocycles. The maximum Gasteiger partial charge on any atom is 0.148 e. The largest absolute Gasteiger partial charge is 0.363 e. The molecule has 0 amide bonds. The topological polar surface area (TPSA) is 75.9 Å². The lowest BCUT2D eigenvalue weighted by molar-refractivity contribution is 0.862. The van der Waals surface area contributed by atoms with Gasteiger partial charge in [-0.25, -0.2) is 15.8 Å². The highest BCUT2D eigenvalue weighted by Gasteiger charge is 2.13. The van der Waals surface area contributed by atoms with Crippen molar-refractivity contribution in [1.82, 2.24) is 9.97 Å². The molecule has 6 heteroatoms. The van der Waals surface area contributed by atoms with Gasteiger partial charge in [0.2, 0.25) is 0 Å². The molecule has 1 atom stereocenters. The van der Waals surface area contributed by atoms with Gasteiger partial charge in [0.1, 0.15) is 17.5 Å². The predicted octanol–water partition coefficient (Wildman–Crippen LogP) is 3.21. The molecule has 0 saturated carbocycles. The van der Waals surface area contributed by atoms with Crippen LogP contribution in [0.4, 0.5) is 11.6 Å². The Kier molecular flexibility index (Phi) is 4.42. The van der Waals surface area contributed by atoms with Crippen LogP contribution in [0.2, 0.25) is 5.02 Å². The maximum atomic E-state index is 6.21. The van der Waals surface area contributed by atoms with E-state index in [4.69, 9.17) is 17.4 Å². The highest BCUT2D eigenvalue weighted by Crippen LogP contribution is 2.27. The number of hydrazine groups is 1. The fourth-order valence-electron chi connectivity index (χ4n) is 2.02. The number of anilines is 2. The van der Waals surface area contributed by atoms with E-state index >= 15 is 0 Å². The van der Waals surface area contributed by atoms with Crippen molar-refractivity contribution in [3.8, 4) is 0 Å². The van der Waals surface area contributed by atoms with E-state index in [-0.39, 0.29) is 6.04 Å². The van der Waals surface area contributed by atoms with E-state index in [0.29, 0.717) is 11.6 Å². The van der Waals surface area contributed by atoms with Crippen molar-refractivity contribution in [2.24, 2.45) is 5.84 Å². The summed E-state index contributed by atoms with van der Waals surface area (Å²) in [5.41, 5.74) is 4.48. The molecule has 0 spiro atoms. The molecule has 0 saturated heterocycles. The number of hydrogen-bond acceptors (Lipinski definition) is 5. The fourth-order valence-corrected chi connectivity index (χ4v) is 2.32. The van der Waals surface area contributed by atoms with Crippen LogP contribution in [0, 0.1) is 13.8 Å². The van der Waals surface area contributed by atoms with Crippen LogP contribution in [0.15, 0.2) is 24.3 Å². The van der Waals surface area contributed by atoms with Crippen LogP contribution < -0.4 is 16.6 Å². The van der Waals surface area contributed by atoms with Crippen LogP contribution in [-0.2, 0) is 0 Å². The van der Waals surface area contributed by atoms with Crippen molar-refractivity contribution in [3.05, 3.63) is 46.2 Å². The lowest BCUT2D eigenvalue weighted by atomic mass is 10.1. The second-order valence-corrected chi connectivity index (χ2v) is 5.03. The summed E-state index contributed by atoms with van der Waals surface area (Å²) in [5.74, 6) is 7.48. The number of nitrogens with two attached hydrogens (primary N) is 1. The van der Waals surface area contributed by atoms with Gasteiger partial charge in [0.25, 0.3) is 0 Å². The summed E-state index contributed by atoms with van der Waals surface area (Å²) in [6, 6.07) is 7.77. The average molecular weight is 292 g/mol. The second kappa shape index (κ2) is 6.07. The van der Waals surface area contributed by atoms with Gasteiger partial charge >= 0.3 is 0 Å². The van der Waals surface area contributed by atoms with E-state index in [1.165, 1.54) is 0 Å². The molecule has 20 heavy (non-hydrogen) atoms. The minimum atomic E-state index is 0.0299. The molecule has 0 bridgehead atoms. The monoisotopic (exact) mass is 291 g/mol. The number of hydrogen-bond donors (Lipinski definition) is 3. The van der Waals surface area contributed by atoms with Crippen LogP contribution in [0.25, 0.3) is 0 Å². The van der Waals surface area contributed by atoms with Gasteiger partial charge in [-0.15, -0.1) is 0 Å². The lowest BCUT2D eigenvalue weighted by Gasteiger charge is -2.19. The van der Waals surface area contributed by atoms with Gasteiger partial charge < -0.3 is 10.7 Å². The van der Waals surface area contributed by atoms with Crippen LogP contribution in [0.1, 0.15) is 29.9 Å². The van der Waals surface area contributed by atoms with E-state index in [1.807, 2.05) is 45.0 Å². The summed E-state index contributed by atoms with van der Waals surface area (Å²) >= 11 is 6.21. The van der Waals surface area contributed by atoms with Crippen molar-refractivity contribution < 1.29 is 0 Å². The third-order valence-electron chi connectivity index (χ3n) is 3.12. The standard InChI is InChI=1S/C14H18ClN5/c1-8-13(18-10(3)19-14(8)20-16)17-9(2)11-6-4-5-7-12(11)15/h4-7,9H,16H2,1-3H3,(H2,17,18,19,20). The first-order chi connectivity index (χ1) is 9.52. The third kappa shape index (κ3) is 3.00. The number of rotatable bonds is 4. The van der Waals surface area contributed by atoms with E-state index in [0.717, 1.165) is 22.0 Å². The van der Waals surface area contributed by atoms with E-state index in [2.05, 4.69) is 20.7 Å². The minimum Gasteiger partial charge on any atom is -0.363 e. The molecule has 2 aromatic rings. The van der Waals surface area contributed by atoms with Crippen molar-refractivity contribution in [2.45, 2.75) is 26.8 Å². The highest BCUT2D eigenvalue weighted by molar-refractivity contribution is 6.31. The van der Waals surface area contributed by atoms with Gasteiger partial charge in [-0.1, -0.05) is 29.8 Å². The van der Waals surface area contributed by atoms with Crippen LogP contribution >= 0.6 is 11.6 Å². The molecule has 0 aliphatic rings. The molecule has 4 N–H and O–H groups in total. The van der Waals surface area contributed by atoms with Crippen LogP contribution in [0.3, 0.4) is 0 Å². The highest BCUT2D eigenvalue weighted by atomic mass is 35.5. The Hall–Kier alpha value is -1.85. The number of aryl methyl sites for hydroxylation is 1. The molecular formula is C14H18ClN5. The van der Waals surface area contributed by atoms with Gasteiger partial charge in [0.15, 0.2) is 0 Å². The van der Waals surface area contributed by atoms with Gasteiger partial charge in [0, 0.05) is 10.6 Å². The van der Waals surface area contributed by atoms with Crippen molar-refractivity contribution >= 4 is 23.2 Å². The summed E-state index contributed by atoms with van der Waals surface area (Å²) in [6.45, 7) is 5.77. The molecule has 1 aromatic carbocycles. The van der Waals surface area contributed by atoms with Gasteiger partial charge in [0.05, 0.1) is 6.04 Å². The third-order valence-corrected chi connectivity index (χ3v) is 3.46. The number of benzene rings is 1. The molecule has 0 radical (unpaired) electrons. The van der Waals surface area contributed by atoms with E-state index < -0.39 is 0 Å². The van der Waals surface area contributed by atoms with Gasteiger partial charge in [-0.2, -0.15) is 0 Å². The quantitative estimate of drug-likeness (QED) is 0.596. The molecule has 106 valence electrons. The Morgan fingerprint density at radius 2 is 1.80 bits per heavy atom. The number of nitrogen functional groups attached to an aromatic ring is 1. The molecule has 1 unspecified atom stereocenters. The van der Waals surface area contributed by atoms with Crippen molar-refractivity contribution in [3.63, 3.8) is 0 Å². The maximum absolute atomic E-state index is 6.21. The van der Waals surface area contributed by atoms with Gasteiger partial charge in [-0.05, 0) is 32.4 Å².